The summed E-state index contributed by atoms with van der Waals surface area (Å²) in [4.78, 5) is 7.36. The van der Waals surface area contributed by atoms with Gasteiger partial charge in [-0.2, -0.15) is 5.10 Å². The van der Waals surface area contributed by atoms with Crippen LogP contribution >= 0.6 is 0 Å². The first-order chi connectivity index (χ1) is 11.3. The molecule has 1 aliphatic heterocycles. The molecule has 6 nitrogen and oxygen atoms in total. The van der Waals surface area contributed by atoms with Crippen molar-refractivity contribution in [2.45, 2.75) is 52.1 Å². The molecular weight excluding hydrogens is 288 g/mol. The average Bonchev–Trinajstić information content (AvgIpc) is 3.10. The third-order valence-electron chi connectivity index (χ3n) is 4.38. The number of nitrogens with one attached hydrogen (secondary N) is 2. The van der Waals surface area contributed by atoms with Gasteiger partial charge in [0.05, 0.1) is 6.54 Å². The number of rotatable bonds is 8. The fourth-order valence-corrected chi connectivity index (χ4v) is 3.10. The SMILES string of the molecule is CCNC(=NCC1CCCCN1CC)NCCCn1cccn1. The summed E-state index contributed by atoms with van der Waals surface area (Å²) >= 11 is 0. The molecule has 1 aromatic heterocycles. The van der Waals surface area contributed by atoms with Gasteiger partial charge in [-0.15, -0.1) is 0 Å². The molecule has 23 heavy (non-hydrogen) atoms. The topological polar surface area (TPSA) is 57.5 Å². The standard InChI is InChI=1S/C17H32N6/c1-3-18-17(19-10-7-13-23-14-8-11-21-23)20-15-16-9-5-6-12-22(16)4-2/h8,11,14,16H,3-7,9-10,12-13,15H2,1-2H3,(H2,18,19,20). The smallest absolute Gasteiger partial charge is 0.191 e. The van der Waals surface area contributed by atoms with Crippen LogP contribution in [-0.2, 0) is 6.54 Å². The number of aromatic nitrogens is 2. The highest BCUT2D eigenvalue weighted by Crippen LogP contribution is 2.16. The monoisotopic (exact) mass is 320 g/mol. The van der Waals surface area contributed by atoms with E-state index in [0.29, 0.717) is 6.04 Å². The molecule has 1 saturated heterocycles. The zero-order valence-electron chi connectivity index (χ0n) is 14.7. The minimum absolute atomic E-state index is 0.605. The molecule has 2 heterocycles. The molecule has 0 spiro atoms. The van der Waals surface area contributed by atoms with Gasteiger partial charge in [-0.25, -0.2) is 0 Å². The van der Waals surface area contributed by atoms with Crippen molar-refractivity contribution in [1.29, 1.82) is 0 Å². The highest BCUT2D eigenvalue weighted by atomic mass is 15.3. The Balaban J connectivity index is 1.74. The minimum Gasteiger partial charge on any atom is -0.357 e. The van der Waals surface area contributed by atoms with Crippen LogP contribution in [0.5, 0.6) is 0 Å². The first kappa shape index (κ1) is 17.8. The highest BCUT2D eigenvalue weighted by molar-refractivity contribution is 5.79. The van der Waals surface area contributed by atoms with Gasteiger partial charge in [0.1, 0.15) is 0 Å². The highest BCUT2D eigenvalue weighted by Gasteiger charge is 2.20. The first-order valence-electron chi connectivity index (χ1n) is 9.07. The van der Waals surface area contributed by atoms with E-state index in [1.807, 2.05) is 23.1 Å². The largest absolute Gasteiger partial charge is 0.357 e. The van der Waals surface area contributed by atoms with Gasteiger partial charge < -0.3 is 10.6 Å². The molecule has 0 aromatic carbocycles. The number of likely N-dealkylation sites (tertiary alicyclic amines) is 1. The Kier molecular flexibility index (Phi) is 7.93. The van der Waals surface area contributed by atoms with Crippen LogP contribution in [0.3, 0.4) is 0 Å². The lowest BCUT2D eigenvalue weighted by Gasteiger charge is -2.33. The van der Waals surface area contributed by atoms with E-state index < -0.39 is 0 Å². The molecule has 130 valence electrons. The lowest BCUT2D eigenvalue weighted by molar-refractivity contribution is 0.161. The van der Waals surface area contributed by atoms with E-state index in [1.54, 1.807) is 0 Å². The van der Waals surface area contributed by atoms with Crippen LogP contribution in [0.1, 0.15) is 39.5 Å². The van der Waals surface area contributed by atoms with Gasteiger partial charge in [0.2, 0.25) is 0 Å². The van der Waals surface area contributed by atoms with Gasteiger partial charge in [-0.3, -0.25) is 14.6 Å². The second-order valence-electron chi connectivity index (χ2n) is 6.05. The molecular formula is C17H32N6. The van der Waals surface area contributed by atoms with Gasteiger partial charge in [0, 0.05) is 38.1 Å². The fraction of sp³-hybridized carbons (Fsp3) is 0.765. The van der Waals surface area contributed by atoms with Gasteiger partial charge >= 0.3 is 0 Å². The van der Waals surface area contributed by atoms with Gasteiger partial charge in [-0.1, -0.05) is 13.3 Å². The lowest BCUT2D eigenvalue weighted by Crippen LogP contribution is -2.43. The average molecular weight is 320 g/mol. The molecule has 2 N–H and O–H groups in total. The number of aryl methyl sites for hydroxylation is 1. The predicted molar refractivity (Wildman–Crippen MR) is 95.7 cm³/mol. The van der Waals surface area contributed by atoms with Crippen LogP contribution in [0.4, 0.5) is 0 Å². The first-order valence-corrected chi connectivity index (χ1v) is 9.07. The Labute approximate surface area is 140 Å². The van der Waals surface area contributed by atoms with E-state index in [4.69, 9.17) is 4.99 Å². The number of guanidine groups is 1. The molecule has 1 unspecified atom stereocenters. The Bertz CT molecular complexity index is 442. The summed E-state index contributed by atoms with van der Waals surface area (Å²) in [5.74, 6) is 0.939. The third kappa shape index (κ3) is 6.22. The molecule has 2 rings (SSSR count). The molecule has 0 radical (unpaired) electrons. The van der Waals surface area contributed by atoms with Crippen molar-refractivity contribution in [2.24, 2.45) is 4.99 Å². The Morgan fingerprint density at radius 2 is 2.22 bits per heavy atom. The number of hydrogen-bond acceptors (Lipinski definition) is 3. The van der Waals surface area contributed by atoms with Crippen LogP contribution in [0.2, 0.25) is 0 Å². The Hall–Kier alpha value is -1.56. The number of piperidine rings is 1. The second-order valence-corrected chi connectivity index (χ2v) is 6.05. The van der Waals surface area contributed by atoms with E-state index in [0.717, 1.165) is 45.1 Å². The summed E-state index contributed by atoms with van der Waals surface area (Å²) in [6.45, 7) is 10.4. The van der Waals surface area contributed by atoms with E-state index in [2.05, 4.69) is 34.5 Å². The van der Waals surface area contributed by atoms with Gasteiger partial charge in [0.25, 0.3) is 0 Å². The molecule has 0 saturated carbocycles. The minimum atomic E-state index is 0.605. The van der Waals surface area contributed by atoms with Crippen molar-refractivity contribution in [2.75, 3.05) is 32.7 Å². The normalized spacial score (nSPS) is 19.7. The summed E-state index contributed by atoms with van der Waals surface area (Å²) in [5, 5.41) is 11.0. The third-order valence-corrected chi connectivity index (χ3v) is 4.38. The van der Waals surface area contributed by atoms with Crippen molar-refractivity contribution in [3.05, 3.63) is 18.5 Å². The van der Waals surface area contributed by atoms with Crippen molar-refractivity contribution in [1.82, 2.24) is 25.3 Å². The maximum atomic E-state index is 4.80. The summed E-state index contributed by atoms with van der Waals surface area (Å²) in [6, 6.07) is 2.57. The van der Waals surface area contributed by atoms with Gasteiger partial charge in [-0.05, 0) is 45.3 Å². The molecule has 0 bridgehead atoms. The van der Waals surface area contributed by atoms with Crippen molar-refractivity contribution in [3.63, 3.8) is 0 Å². The van der Waals surface area contributed by atoms with E-state index in [1.165, 1.54) is 25.8 Å². The number of likely N-dealkylation sites (N-methyl/N-ethyl adjacent to an activating group) is 1. The quantitative estimate of drug-likeness (QED) is 0.435. The number of nitrogens with zero attached hydrogens (tertiary/aromatic N) is 4. The maximum absolute atomic E-state index is 4.80. The van der Waals surface area contributed by atoms with Crippen LogP contribution in [-0.4, -0.2) is 59.4 Å². The summed E-state index contributed by atoms with van der Waals surface area (Å²) in [7, 11) is 0. The molecule has 0 aliphatic carbocycles. The molecule has 1 aliphatic rings. The molecule has 1 aromatic rings. The molecule has 1 atom stereocenters. The molecule has 0 amide bonds. The second kappa shape index (κ2) is 10.3. The summed E-state index contributed by atoms with van der Waals surface area (Å²) in [5.41, 5.74) is 0. The van der Waals surface area contributed by atoms with Crippen molar-refractivity contribution < 1.29 is 0 Å². The Morgan fingerprint density at radius 1 is 1.30 bits per heavy atom. The van der Waals surface area contributed by atoms with Crippen LogP contribution < -0.4 is 10.6 Å². The van der Waals surface area contributed by atoms with E-state index in [-0.39, 0.29) is 0 Å². The van der Waals surface area contributed by atoms with Crippen LogP contribution in [0, 0.1) is 0 Å². The predicted octanol–water partition coefficient (Wildman–Crippen LogP) is 1.70. The van der Waals surface area contributed by atoms with Gasteiger partial charge in [0.15, 0.2) is 5.96 Å². The number of aliphatic imine (C=N–C) groups is 1. The molecule has 1 fully saturated rings. The Morgan fingerprint density at radius 3 is 2.96 bits per heavy atom. The maximum Gasteiger partial charge on any atom is 0.191 e. The zero-order valence-corrected chi connectivity index (χ0v) is 14.7. The summed E-state index contributed by atoms with van der Waals surface area (Å²) in [6.07, 6.45) is 8.81. The lowest BCUT2D eigenvalue weighted by atomic mass is 10.0. The van der Waals surface area contributed by atoms with E-state index >= 15 is 0 Å². The summed E-state index contributed by atoms with van der Waals surface area (Å²) < 4.78 is 1.97. The van der Waals surface area contributed by atoms with Crippen LogP contribution in [0.25, 0.3) is 0 Å². The van der Waals surface area contributed by atoms with Crippen molar-refractivity contribution in [3.8, 4) is 0 Å². The number of hydrogen-bond donors (Lipinski definition) is 2. The zero-order chi connectivity index (χ0) is 16.3. The van der Waals surface area contributed by atoms with Crippen LogP contribution in [0.15, 0.2) is 23.5 Å². The van der Waals surface area contributed by atoms with Crippen molar-refractivity contribution >= 4 is 5.96 Å². The van der Waals surface area contributed by atoms with E-state index in [9.17, 15) is 0 Å². The molecule has 6 heteroatoms. The fourth-order valence-electron chi connectivity index (χ4n) is 3.10.